The quantitative estimate of drug-likeness (QED) is 0.791. The first-order chi connectivity index (χ1) is 7.56. The van der Waals surface area contributed by atoms with E-state index < -0.39 is 0 Å². The van der Waals surface area contributed by atoms with Crippen LogP contribution in [0, 0.1) is 0 Å². The molecule has 0 amide bonds. The molecule has 0 aliphatic rings. The first kappa shape index (κ1) is 12.8. The number of Topliss-reactive ketones (excluding diaryl/α,β-unsaturated/α-hetero) is 1. The summed E-state index contributed by atoms with van der Waals surface area (Å²) in [6.07, 6.45) is 2.59. The minimum absolute atomic E-state index is 0.0493. The van der Waals surface area contributed by atoms with Gasteiger partial charge in [-0.2, -0.15) is 0 Å². The van der Waals surface area contributed by atoms with Gasteiger partial charge in [0.15, 0.2) is 5.78 Å². The average Bonchev–Trinajstić information content (AvgIpc) is 2.26. The van der Waals surface area contributed by atoms with Crippen LogP contribution in [0.25, 0.3) is 0 Å². The Morgan fingerprint density at radius 3 is 2.06 bits per heavy atom. The summed E-state index contributed by atoms with van der Waals surface area (Å²) < 4.78 is 0. The molecule has 0 spiro atoms. The number of carbonyl (C=O) groups excluding carboxylic acids is 1. The van der Waals surface area contributed by atoms with Crippen LogP contribution in [0.2, 0.25) is 0 Å². The van der Waals surface area contributed by atoms with Gasteiger partial charge in [-0.15, -0.1) is 0 Å². The third-order valence-corrected chi connectivity index (χ3v) is 3.06. The summed E-state index contributed by atoms with van der Waals surface area (Å²) in [5.74, 6) is 0.0881. The molecule has 0 saturated heterocycles. The van der Waals surface area contributed by atoms with E-state index in [1.165, 1.54) is 12.5 Å². The summed E-state index contributed by atoms with van der Waals surface area (Å²) in [4.78, 5) is 11.6. The van der Waals surface area contributed by atoms with Crippen LogP contribution in [0.3, 0.4) is 0 Å². The number of hydrogen-bond acceptors (Lipinski definition) is 2. The molecule has 0 unspecified atom stereocenters. The zero-order valence-corrected chi connectivity index (χ0v) is 10.6. The molecule has 1 aromatic rings. The number of benzene rings is 1. The minimum Gasteiger partial charge on any atom is -0.507 e. The number of rotatable bonds is 4. The standard InChI is InChI=1S/C14H20O2/c1-5-10-8-13(16)14(9(4)15)12(7-3)11(10)6-2/h8,16H,5-7H2,1-4H3. The number of aryl methyl sites for hydroxylation is 1. The molecule has 2 nitrogen and oxygen atoms in total. The molecule has 0 heterocycles. The molecule has 16 heavy (non-hydrogen) atoms. The predicted octanol–water partition coefficient (Wildman–Crippen LogP) is 3.28. The highest BCUT2D eigenvalue weighted by atomic mass is 16.3. The summed E-state index contributed by atoms with van der Waals surface area (Å²) >= 11 is 0. The number of carbonyl (C=O) groups is 1. The van der Waals surface area contributed by atoms with Crippen LogP contribution in [0.1, 0.15) is 54.7 Å². The Bertz CT molecular complexity index is 406. The Morgan fingerprint density at radius 1 is 1.12 bits per heavy atom. The van der Waals surface area contributed by atoms with E-state index in [0.29, 0.717) is 5.56 Å². The van der Waals surface area contributed by atoms with E-state index in [1.54, 1.807) is 6.07 Å². The molecule has 88 valence electrons. The largest absolute Gasteiger partial charge is 0.507 e. The van der Waals surface area contributed by atoms with Crippen LogP contribution < -0.4 is 0 Å². The van der Waals surface area contributed by atoms with Crippen molar-refractivity contribution in [3.05, 3.63) is 28.3 Å². The van der Waals surface area contributed by atoms with E-state index in [9.17, 15) is 9.90 Å². The fourth-order valence-corrected chi connectivity index (χ4v) is 2.36. The summed E-state index contributed by atoms with van der Waals surface area (Å²) in [5, 5.41) is 9.90. The van der Waals surface area contributed by atoms with E-state index in [4.69, 9.17) is 0 Å². The van der Waals surface area contributed by atoms with Crippen molar-refractivity contribution in [1.29, 1.82) is 0 Å². The molecule has 0 atom stereocenters. The summed E-state index contributed by atoms with van der Waals surface area (Å²) in [7, 11) is 0. The van der Waals surface area contributed by atoms with Gasteiger partial charge in [0.05, 0.1) is 5.56 Å². The normalized spacial score (nSPS) is 10.5. The van der Waals surface area contributed by atoms with Gasteiger partial charge in [0.1, 0.15) is 5.75 Å². The molecule has 1 N–H and O–H groups in total. The fourth-order valence-electron chi connectivity index (χ4n) is 2.36. The molecule has 0 aliphatic carbocycles. The lowest BCUT2D eigenvalue weighted by molar-refractivity contribution is 0.101. The summed E-state index contributed by atoms with van der Waals surface area (Å²) in [6, 6.07) is 1.74. The second-order valence-electron chi connectivity index (χ2n) is 4.00. The van der Waals surface area contributed by atoms with Gasteiger partial charge >= 0.3 is 0 Å². The lowest BCUT2D eigenvalue weighted by Gasteiger charge is -2.16. The van der Waals surface area contributed by atoms with Gasteiger partial charge in [-0.3, -0.25) is 4.79 Å². The lowest BCUT2D eigenvalue weighted by Crippen LogP contribution is -2.06. The Hall–Kier alpha value is -1.31. The molecule has 0 bridgehead atoms. The zero-order chi connectivity index (χ0) is 12.3. The van der Waals surface area contributed by atoms with Crippen LogP contribution in [0.4, 0.5) is 0 Å². The van der Waals surface area contributed by atoms with E-state index in [-0.39, 0.29) is 11.5 Å². The molecule has 1 aromatic carbocycles. The number of aromatic hydroxyl groups is 1. The zero-order valence-electron chi connectivity index (χ0n) is 10.6. The average molecular weight is 220 g/mol. The Kier molecular flexibility index (Phi) is 4.11. The highest BCUT2D eigenvalue weighted by molar-refractivity contribution is 5.98. The van der Waals surface area contributed by atoms with Crippen molar-refractivity contribution in [2.24, 2.45) is 0 Å². The van der Waals surface area contributed by atoms with Gasteiger partial charge in [-0.05, 0) is 48.9 Å². The second kappa shape index (κ2) is 5.15. The van der Waals surface area contributed by atoms with Crippen molar-refractivity contribution in [1.82, 2.24) is 0 Å². The van der Waals surface area contributed by atoms with Gasteiger partial charge in [0.2, 0.25) is 0 Å². The summed E-state index contributed by atoms with van der Waals surface area (Å²) in [5.41, 5.74) is 3.92. The highest BCUT2D eigenvalue weighted by Gasteiger charge is 2.17. The van der Waals surface area contributed by atoms with Gasteiger partial charge in [-0.25, -0.2) is 0 Å². The fraction of sp³-hybridized carbons (Fsp3) is 0.500. The van der Waals surface area contributed by atoms with Crippen LogP contribution in [-0.2, 0) is 19.3 Å². The Labute approximate surface area is 97.3 Å². The third kappa shape index (κ3) is 2.11. The van der Waals surface area contributed by atoms with E-state index in [0.717, 1.165) is 30.4 Å². The molecule has 0 radical (unpaired) electrons. The number of hydrogen-bond donors (Lipinski definition) is 1. The van der Waals surface area contributed by atoms with E-state index in [2.05, 4.69) is 13.8 Å². The van der Waals surface area contributed by atoms with Crippen LogP contribution in [-0.4, -0.2) is 10.9 Å². The first-order valence-corrected chi connectivity index (χ1v) is 5.94. The van der Waals surface area contributed by atoms with Gasteiger partial charge in [0.25, 0.3) is 0 Å². The van der Waals surface area contributed by atoms with Gasteiger partial charge in [-0.1, -0.05) is 20.8 Å². The Morgan fingerprint density at radius 2 is 1.69 bits per heavy atom. The third-order valence-electron chi connectivity index (χ3n) is 3.06. The van der Waals surface area contributed by atoms with E-state index in [1.807, 2.05) is 6.92 Å². The van der Waals surface area contributed by atoms with Crippen LogP contribution >= 0.6 is 0 Å². The van der Waals surface area contributed by atoms with Crippen molar-refractivity contribution in [2.75, 3.05) is 0 Å². The minimum atomic E-state index is -0.0493. The second-order valence-corrected chi connectivity index (χ2v) is 4.00. The molecule has 0 aromatic heterocycles. The van der Waals surface area contributed by atoms with Gasteiger partial charge < -0.3 is 5.11 Å². The molecule has 1 rings (SSSR count). The molecular formula is C14H20O2. The van der Waals surface area contributed by atoms with Crippen molar-refractivity contribution in [3.8, 4) is 5.75 Å². The molecule has 2 heteroatoms. The lowest BCUT2D eigenvalue weighted by atomic mass is 9.89. The highest BCUT2D eigenvalue weighted by Crippen LogP contribution is 2.30. The maximum Gasteiger partial charge on any atom is 0.163 e. The van der Waals surface area contributed by atoms with Crippen LogP contribution in [0.15, 0.2) is 6.07 Å². The first-order valence-electron chi connectivity index (χ1n) is 5.94. The number of phenolic OH excluding ortho intramolecular Hbond substituents is 1. The topological polar surface area (TPSA) is 37.3 Å². The van der Waals surface area contributed by atoms with E-state index >= 15 is 0 Å². The Balaban J connectivity index is 3.57. The molecule has 0 saturated carbocycles. The molecule has 0 fully saturated rings. The maximum absolute atomic E-state index is 11.6. The maximum atomic E-state index is 11.6. The molecular weight excluding hydrogens is 200 g/mol. The SMILES string of the molecule is CCc1cc(O)c(C(C)=O)c(CC)c1CC. The monoisotopic (exact) mass is 220 g/mol. The van der Waals surface area contributed by atoms with Crippen molar-refractivity contribution in [2.45, 2.75) is 47.0 Å². The summed E-state index contributed by atoms with van der Waals surface area (Å²) in [6.45, 7) is 7.70. The number of phenols is 1. The molecule has 0 aliphatic heterocycles. The van der Waals surface area contributed by atoms with Gasteiger partial charge in [0, 0.05) is 0 Å². The van der Waals surface area contributed by atoms with Crippen molar-refractivity contribution < 1.29 is 9.90 Å². The van der Waals surface area contributed by atoms with Crippen LogP contribution in [0.5, 0.6) is 5.75 Å². The predicted molar refractivity (Wildman–Crippen MR) is 66.2 cm³/mol. The smallest absolute Gasteiger partial charge is 0.163 e. The van der Waals surface area contributed by atoms with Crippen molar-refractivity contribution in [3.63, 3.8) is 0 Å². The van der Waals surface area contributed by atoms with Crippen molar-refractivity contribution >= 4 is 5.78 Å². The number of ketones is 1.